The summed E-state index contributed by atoms with van der Waals surface area (Å²) in [5.74, 6) is -3.87. The summed E-state index contributed by atoms with van der Waals surface area (Å²) in [6.07, 6.45) is 5.56. The molecule has 0 saturated carbocycles. The van der Waals surface area contributed by atoms with Crippen LogP contribution in [0.5, 0.6) is 0 Å². The molecule has 19 unspecified atom stereocenters. The van der Waals surface area contributed by atoms with Crippen molar-refractivity contribution in [3.8, 4) is 0 Å². The molecule has 0 aliphatic carbocycles. The Morgan fingerprint density at radius 1 is 0.852 bits per heavy atom. The molecule has 0 aromatic rings. The van der Waals surface area contributed by atoms with Crippen LogP contribution in [0.3, 0.4) is 0 Å². The summed E-state index contributed by atoms with van der Waals surface area (Å²) in [6.45, 7) is 20.0. The van der Waals surface area contributed by atoms with Crippen molar-refractivity contribution in [3.05, 3.63) is 0 Å². The molecule has 6 aliphatic rings. The number of aliphatic carboxylic acids is 1. The SMILES string of the molecule is COC1CC(CC2CCC(C)C(C(C)C(=O)O)O2)OC2(OC(C)(C3CCC(C)(C4OC(C5OC(O)(COC(C)=O)C(C)CC5C)CC4C)O3)CC2C)C1C. The smallest absolute Gasteiger partial charge is 0.308 e. The Kier molecular flexibility index (Phi) is 12.3. The molecule has 0 aromatic carbocycles. The van der Waals surface area contributed by atoms with Crippen LogP contribution in [0.15, 0.2) is 0 Å². The fraction of sp³-hybridized carbons (Fsp3) is 0.952. The van der Waals surface area contributed by atoms with Crippen molar-refractivity contribution in [3.63, 3.8) is 0 Å². The standard InChI is InChI=1S/C42H70O12/c1-22-12-13-30(49-35(22)27(6)38(44)45)18-31-19-32(47-11)28(7)42(51-31)26(5)20-40(10,54-42)34-14-15-39(9,52-34)37-24(3)17-33(50-37)36-23(2)16-25(4)41(46,53-36)21-48-29(8)43/h22-28,30-37,46H,12-21H2,1-11H3,(H,44,45). The summed E-state index contributed by atoms with van der Waals surface area (Å²) < 4.78 is 52.5. The summed E-state index contributed by atoms with van der Waals surface area (Å²) in [6, 6.07) is 0. The van der Waals surface area contributed by atoms with E-state index < -0.39 is 40.6 Å². The molecule has 54 heavy (non-hydrogen) atoms. The van der Waals surface area contributed by atoms with Gasteiger partial charge >= 0.3 is 11.9 Å². The van der Waals surface area contributed by atoms with Crippen molar-refractivity contribution < 1.29 is 57.7 Å². The molecule has 12 nitrogen and oxygen atoms in total. The van der Waals surface area contributed by atoms with Gasteiger partial charge in [-0.15, -0.1) is 0 Å². The fourth-order valence-electron chi connectivity index (χ4n) is 11.5. The molecule has 0 bridgehead atoms. The van der Waals surface area contributed by atoms with Crippen LogP contribution in [-0.4, -0.2) is 107 Å². The minimum absolute atomic E-state index is 0.0194. The van der Waals surface area contributed by atoms with E-state index in [1.165, 1.54) is 6.92 Å². The molecule has 6 saturated heterocycles. The van der Waals surface area contributed by atoms with E-state index in [0.717, 1.165) is 51.4 Å². The van der Waals surface area contributed by atoms with Crippen LogP contribution in [0.4, 0.5) is 0 Å². The first-order valence-electron chi connectivity index (χ1n) is 20.9. The summed E-state index contributed by atoms with van der Waals surface area (Å²) >= 11 is 0. The second kappa shape index (κ2) is 15.8. The van der Waals surface area contributed by atoms with E-state index in [4.69, 9.17) is 37.9 Å². The highest BCUT2D eigenvalue weighted by molar-refractivity contribution is 5.70. The van der Waals surface area contributed by atoms with E-state index in [0.29, 0.717) is 6.42 Å². The van der Waals surface area contributed by atoms with Crippen LogP contribution in [0.1, 0.15) is 127 Å². The quantitative estimate of drug-likeness (QED) is 0.241. The normalized spacial score (nSPS) is 51.7. The van der Waals surface area contributed by atoms with Crippen LogP contribution in [0, 0.1) is 41.4 Å². The van der Waals surface area contributed by atoms with Gasteiger partial charge in [0.1, 0.15) is 6.61 Å². The van der Waals surface area contributed by atoms with E-state index >= 15 is 0 Å². The lowest BCUT2D eigenvalue weighted by molar-refractivity contribution is -0.353. The lowest BCUT2D eigenvalue weighted by Crippen LogP contribution is -2.58. The van der Waals surface area contributed by atoms with Crippen molar-refractivity contribution in [2.75, 3.05) is 13.7 Å². The van der Waals surface area contributed by atoms with Crippen LogP contribution < -0.4 is 0 Å². The van der Waals surface area contributed by atoms with Gasteiger partial charge in [-0.3, -0.25) is 9.59 Å². The van der Waals surface area contributed by atoms with Gasteiger partial charge in [0.15, 0.2) is 5.79 Å². The first-order chi connectivity index (χ1) is 25.2. The van der Waals surface area contributed by atoms with Crippen molar-refractivity contribution in [1.29, 1.82) is 0 Å². The molecule has 12 heteroatoms. The molecular weight excluding hydrogens is 696 g/mol. The van der Waals surface area contributed by atoms with E-state index in [1.807, 2.05) is 6.92 Å². The van der Waals surface area contributed by atoms with Gasteiger partial charge < -0.3 is 48.1 Å². The monoisotopic (exact) mass is 766 g/mol. The molecule has 2 N–H and O–H groups in total. The largest absolute Gasteiger partial charge is 0.481 e. The number of hydrogen-bond acceptors (Lipinski definition) is 11. The third-order valence-corrected chi connectivity index (χ3v) is 14.7. The molecule has 0 amide bonds. The molecule has 1 spiro atoms. The fourth-order valence-corrected chi connectivity index (χ4v) is 11.5. The first kappa shape index (κ1) is 42.2. The number of ether oxygens (including phenoxy) is 8. The average molecular weight is 767 g/mol. The molecule has 6 aliphatic heterocycles. The summed E-state index contributed by atoms with van der Waals surface area (Å²) in [5, 5.41) is 21.1. The number of carboxylic acid groups (broad SMARTS) is 1. The van der Waals surface area contributed by atoms with Gasteiger partial charge in [0.2, 0.25) is 5.79 Å². The van der Waals surface area contributed by atoms with Gasteiger partial charge in [0.25, 0.3) is 0 Å². The number of esters is 1. The number of carbonyl (C=O) groups is 2. The maximum Gasteiger partial charge on any atom is 0.308 e. The Morgan fingerprint density at radius 2 is 1.57 bits per heavy atom. The highest BCUT2D eigenvalue weighted by atomic mass is 16.7. The Labute approximate surface area is 322 Å². The summed E-state index contributed by atoms with van der Waals surface area (Å²) in [4.78, 5) is 23.4. The summed E-state index contributed by atoms with van der Waals surface area (Å²) in [7, 11) is 1.76. The maximum atomic E-state index is 11.8. The van der Waals surface area contributed by atoms with E-state index in [1.54, 1.807) is 14.0 Å². The number of carbonyl (C=O) groups excluding carboxylic acids is 1. The van der Waals surface area contributed by atoms with Gasteiger partial charge in [0.05, 0.1) is 66.0 Å². The maximum absolute atomic E-state index is 11.8. The van der Waals surface area contributed by atoms with Crippen LogP contribution in [-0.2, 0) is 47.5 Å². The average Bonchev–Trinajstić information content (AvgIpc) is 3.78. The van der Waals surface area contributed by atoms with E-state index in [9.17, 15) is 19.8 Å². The molecule has 0 aromatic heterocycles. The van der Waals surface area contributed by atoms with Gasteiger partial charge in [-0.2, -0.15) is 0 Å². The second-order valence-electron chi connectivity index (χ2n) is 19.0. The zero-order valence-electron chi connectivity index (χ0n) is 34.7. The third-order valence-electron chi connectivity index (χ3n) is 14.7. The van der Waals surface area contributed by atoms with Crippen LogP contribution in [0.25, 0.3) is 0 Å². The Balaban J connectivity index is 1.13. The molecular formula is C42H70O12. The summed E-state index contributed by atoms with van der Waals surface area (Å²) in [5.41, 5.74) is -1.14. The number of methoxy groups -OCH3 is 1. The predicted octanol–water partition coefficient (Wildman–Crippen LogP) is 6.28. The number of rotatable bonds is 10. The van der Waals surface area contributed by atoms with Crippen LogP contribution >= 0.6 is 0 Å². The topological polar surface area (TPSA) is 148 Å². The lowest BCUT2D eigenvalue weighted by atomic mass is 9.78. The van der Waals surface area contributed by atoms with Gasteiger partial charge in [-0.05, 0) is 83.5 Å². The highest BCUT2D eigenvalue weighted by Gasteiger charge is 2.65. The number of aliphatic hydroxyl groups is 1. The third kappa shape index (κ3) is 7.90. The minimum Gasteiger partial charge on any atom is -0.481 e. The van der Waals surface area contributed by atoms with Crippen molar-refractivity contribution in [2.45, 2.75) is 199 Å². The molecule has 0 radical (unpaired) electrons. The van der Waals surface area contributed by atoms with Crippen molar-refractivity contribution in [2.24, 2.45) is 41.4 Å². The Bertz CT molecular complexity index is 1350. The van der Waals surface area contributed by atoms with Gasteiger partial charge in [0, 0.05) is 44.6 Å². The van der Waals surface area contributed by atoms with Crippen molar-refractivity contribution in [1.82, 2.24) is 0 Å². The minimum atomic E-state index is -1.56. The Hall–Kier alpha value is -1.38. The van der Waals surface area contributed by atoms with Gasteiger partial charge in [-0.1, -0.05) is 41.5 Å². The molecule has 6 heterocycles. The van der Waals surface area contributed by atoms with E-state index in [-0.39, 0.29) is 90.9 Å². The first-order valence-corrected chi connectivity index (χ1v) is 20.9. The predicted molar refractivity (Wildman–Crippen MR) is 198 cm³/mol. The molecule has 6 fully saturated rings. The Morgan fingerprint density at radius 3 is 2.24 bits per heavy atom. The van der Waals surface area contributed by atoms with Crippen LogP contribution in [0.2, 0.25) is 0 Å². The van der Waals surface area contributed by atoms with Crippen molar-refractivity contribution >= 4 is 11.9 Å². The number of carboxylic acids is 1. The molecule has 19 atom stereocenters. The zero-order valence-corrected chi connectivity index (χ0v) is 34.7. The molecule has 6 rings (SSSR count). The second-order valence-corrected chi connectivity index (χ2v) is 19.0. The number of hydrogen-bond donors (Lipinski definition) is 2. The molecule has 310 valence electrons. The zero-order chi connectivity index (χ0) is 39.5. The highest BCUT2D eigenvalue weighted by Crippen LogP contribution is 2.57. The van der Waals surface area contributed by atoms with E-state index in [2.05, 4.69) is 48.5 Å². The van der Waals surface area contributed by atoms with Gasteiger partial charge in [-0.25, -0.2) is 0 Å². The lowest BCUT2D eigenvalue weighted by Gasteiger charge is -2.50.